The molecule has 0 unspecified atom stereocenters. The van der Waals surface area contributed by atoms with E-state index in [1.807, 2.05) is 55.5 Å². The molecule has 0 aliphatic rings. The summed E-state index contributed by atoms with van der Waals surface area (Å²) in [5.41, 5.74) is 5.09. The number of fused-ring (bicyclic) bond motifs is 1. The Morgan fingerprint density at radius 2 is 1.90 bits per heavy atom. The van der Waals surface area contributed by atoms with Gasteiger partial charge in [-0.1, -0.05) is 66.7 Å². The van der Waals surface area contributed by atoms with E-state index in [0.717, 1.165) is 40.3 Å². The molecule has 0 atom stereocenters. The smallest absolute Gasteiger partial charge is 0.273 e. The Balaban J connectivity index is 1.59. The molecular formula is C23H22N4O2S2. The fourth-order valence-electron chi connectivity index (χ4n) is 3.24. The van der Waals surface area contributed by atoms with Crippen molar-refractivity contribution in [1.29, 1.82) is 0 Å². The fraction of sp³-hybridized carbons (Fsp3) is 0.217. The molecule has 0 fully saturated rings. The first kappa shape index (κ1) is 21.3. The molecule has 0 saturated carbocycles. The minimum Gasteiger partial charge on any atom is -0.325 e. The predicted octanol–water partition coefficient (Wildman–Crippen LogP) is 4.66. The Kier molecular flexibility index (Phi) is 6.20. The SMILES string of the molecule is CCc1ccccc1NC(=O)CSc1nc2c(-c3ccc(C)cc3)nsc2c(=O)n1C. The monoisotopic (exact) mass is 450 g/mol. The van der Waals surface area contributed by atoms with Crippen molar-refractivity contribution in [3.8, 4) is 11.3 Å². The average molecular weight is 451 g/mol. The van der Waals surface area contributed by atoms with Crippen LogP contribution >= 0.6 is 23.3 Å². The van der Waals surface area contributed by atoms with Crippen molar-refractivity contribution in [2.45, 2.75) is 25.4 Å². The minimum atomic E-state index is -0.153. The molecule has 0 spiro atoms. The van der Waals surface area contributed by atoms with Gasteiger partial charge in [-0.2, -0.15) is 4.37 Å². The number of hydrogen-bond donors (Lipinski definition) is 1. The third kappa shape index (κ3) is 4.40. The standard InChI is InChI=1S/C23H22N4O2S2/c1-4-15-7-5-6-8-17(15)24-18(28)13-30-23-25-20-19(16-11-9-14(2)10-12-16)26-31-21(20)22(29)27(23)3/h5-12H,4,13H2,1-3H3,(H,24,28). The molecule has 4 aromatic rings. The fourth-order valence-corrected chi connectivity index (χ4v) is 4.82. The highest BCUT2D eigenvalue weighted by Crippen LogP contribution is 2.29. The summed E-state index contributed by atoms with van der Waals surface area (Å²) in [5.74, 6) is 0.0174. The molecular weight excluding hydrogens is 428 g/mol. The number of anilines is 1. The van der Waals surface area contributed by atoms with E-state index in [9.17, 15) is 9.59 Å². The summed E-state index contributed by atoms with van der Waals surface area (Å²) in [6.07, 6.45) is 0.837. The van der Waals surface area contributed by atoms with E-state index in [1.54, 1.807) is 7.05 Å². The molecule has 2 aromatic carbocycles. The lowest BCUT2D eigenvalue weighted by Crippen LogP contribution is -2.21. The first-order valence-corrected chi connectivity index (χ1v) is 11.7. The molecule has 2 aromatic heterocycles. The van der Waals surface area contributed by atoms with E-state index >= 15 is 0 Å². The Hall–Kier alpha value is -2.97. The third-order valence-electron chi connectivity index (χ3n) is 4.99. The molecule has 0 bridgehead atoms. The number of thioether (sulfide) groups is 1. The molecule has 31 heavy (non-hydrogen) atoms. The van der Waals surface area contributed by atoms with Crippen LogP contribution in [0.3, 0.4) is 0 Å². The van der Waals surface area contributed by atoms with Gasteiger partial charge in [0, 0.05) is 18.3 Å². The van der Waals surface area contributed by atoms with E-state index < -0.39 is 0 Å². The van der Waals surface area contributed by atoms with Gasteiger partial charge in [-0.15, -0.1) is 0 Å². The lowest BCUT2D eigenvalue weighted by molar-refractivity contribution is -0.113. The number of hydrogen-bond acceptors (Lipinski definition) is 6. The number of nitrogens with zero attached hydrogens (tertiary/aromatic N) is 3. The molecule has 4 rings (SSSR count). The summed E-state index contributed by atoms with van der Waals surface area (Å²) >= 11 is 2.40. The quantitative estimate of drug-likeness (QED) is 0.342. The zero-order chi connectivity index (χ0) is 22.0. The zero-order valence-corrected chi connectivity index (χ0v) is 19.1. The normalized spacial score (nSPS) is 11.1. The maximum atomic E-state index is 12.8. The van der Waals surface area contributed by atoms with Crippen LogP contribution in [0.15, 0.2) is 58.5 Å². The average Bonchev–Trinajstić information content (AvgIpc) is 3.20. The van der Waals surface area contributed by atoms with Crippen LogP contribution in [0.5, 0.6) is 0 Å². The van der Waals surface area contributed by atoms with Gasteiger partial charge in [0.05, 0.1) is 5.75 Å². The Morgan fingerprint density at radius 3 is 2.65 bits per heavy atom. The highest BCUT2D eigenvalue weighted by atomic mass is 32.2. The van der Waals surface area contributed by atoms with Crippen LogP contribution in [-0.4, -0.2) is 25.6 Å². The number of nitrogens with one attached hydrogen (secondary N) is 1. The molecule has 0 aliphatic carbocycles. The summed E-state index contributed by atoms with van der Waals surface area (Å²) < 4.78 is 6.49. The van der Waals surface area contributed by atoms with Gasteiger partial charge in [-0.3, -0.25) is 14.2 Å². The highest BCUT2D eigenvalue weighted by Gasteiger charge is 2.18. The molecule has 0 aliphatic heterocycles. The van der Waals surface area contributed by atoms with Gasteiger partial charge >= 0.3 is 0 Å². The maximum absolute atomic E-state index is 12.8. The van der Waals surface area contributed by atoms with Gasteiger partial charge in [-0.25, -0.2) is 4.98 Å². The van der Waals surface area contributed by atoms with E-state index in [0.29, 0.717) is 21.1 Å². The summed E-state index contributed by atoms with van der Waals surface area (Å²) in [4.78, 5) is 30.1. The van der Waals surface area contributed by atoms with Crippen molar-refractivity contribution in [2.24, 2.45) is 7.05 Å². The second-order valence-electron chi connectivity index (χ2n) is 7.18. The minimum absolute atomic E-state index is 0.137. The van der Waals surface area contributed by atoms with E-state index in [4.69, 9.17) is 4.98 Å². The van der Waals surface area contributed by atoms with Crippen molar-refractivity contribution in [1.82, 2.24) is 13.9 Å². The molecule has 8 heteroatoms. The van der Waals surface area contributed by atoms with Crippen molar-refractivity contribution >= 4 is 45.1 Å². The van der Waals surface area contributed by atoms with Crippen molar-refractivity contribution < 1.29 is 4.79 Å². The molecule has 6 nitrogen and oxygen atoms in total. The van der Waals surface area contributed by atoms with Crippen LogP contribution in [0.1, 0.15) is 18.1 Å². The largest absolute Gasteiger partial charge is 0.325 e. The zero-order valence-electron chi connectivity index (χ0n) is 17.5. The number of aryl methyl sites for hydroxylation is 2. The van der Waals surface area contributed by atoms with Gasteiger partial charge in [-0.05, 0) is 36.5 Å². The Morgan fingerprint density at radius 1 is 1.16 bits per heavy atom. The Labute approximate surface area is 188 Å². The van der Waals surface area contributed by atoms with E-state index in [1.165, 1.54) is 16.3 Å². The number of aromatic nitrogens is 3. The summed E-state index contributed by atoms with van der Waals surface area (Å²) in [7, 11) is 1.67. The highest BCUT2D eigenvalue weighted by molar-refractivity contribution is 7.99. The van der Waals surface area contributed by atoms with Crippen LogP contribution in [0.2, 0.25) is 0 Å². The number of rotatable bonds is 6. The lowest BCUT2D eigenvalue weighted by Gasteiger charge is -2.10. The van der Waals surface area contributed by atoms with Crippen LogP contribution in [0, 0.1) is 6.92 Å². The number of carbonyl (C=O) groups is 1. The summed E-state index contributed by atoms with van der Waals surface area (Å²) in [5, 5.41) is 3.45. The predicted molar refractivity (Wildman–Crippen MR) is 128 cm³/mol. The summed E-state index contributed by atoms with van der Waals surface area (Å²) in [6, 6.07) is 15.7. The molecule has 0 radical (unpaired) electrons. The maximum Gasteiger partial charge on any atom is 0.273 e. The molecule has 1 N–H and O–H groups in total. The lowest BCUT2D eigenvalue weighted by atomic mass is 10.1. The number of benzene rings is 2. The van der Waals surface area contributed by atoms with Gasteiger partial charge in [0.15, 0.2) is 5.16 Å². The number of amides is 1. The van der Waals surface area contributed by atoms with Crippen LogP contribution in [0.25, 0.3) is 21.5 Å². The van der Waals surface area contributed by atoms with Crippen molar-refractivity contribution in [3.63, 3.8) is 0 Å². The van der Waals surface area contributed by atoms with Crippen molar-refractivity contribution in [3.05, 3.63) is 70.0 Å². The van der Waals surface area contributed by atoms with E-state index in [-0.39, 0.29) is 17.2 Å². The molecule has 158 valence electrons. The first-order chi connectivity index (χ1) is 15.0. The first-order valence-electron chi connectivity index (χ1n) is 9.92. The van der Waals surface area contributed by atoms with Gasteiger partial charge in [0.25, 0.3) is 5.56 Å². The van der Waals surface area contributed by atoms with Crippen LogP contribution in [-0.2, 0) is 18.3 Å². The van der Waals surface area contributed by atoms with Crippen molar-refractivity contribution in [2.75, 3.05) is 11.1 Å². The van der Waals surface area contributed by atoms with Gasteiger partial charge in [0.2, 0.25) is 5.91 Å². The second-order valence-corrected chi connectivity index (χ2v) is 8.90. The molecule has 2 heterocycles. The summed E-state index contributed by atoms with van der Waals surface area (Å²) in [6.45, 7) is 4.07. The number of para-hydroxylation sites is 1. The van der Waals surface area contributed by atoms with Gasteiger partial charge in [0.1, 0.15) is 15.9 Å². The molecule has 0 saturated heterocycles. The van der Waals surface area contributed by atoms with Crippen LogP contribution < -0.4 is 10.9 Å². The molecule has 1 amide bonds. The van der Waals surface area contributed by atoms with E-state index in [2.05, 4.69) is 16.6 Å². The second kappa shape index (κ2) is 9.03. The Bertz CT molecular complexity index is 1310. The number of carbonyl (C=O) groups excluding carboxylic acids is 1. The van der Waals surface area contributed by atoms with Crippen LogP contribution in [0.4, 0.5) is 5.69 Å². The topological polar surface area (TPSA) is 76.9 Å². The van der Waals surface area contributed by atoms with Gasteiger partial charge < -0.3 is 5.32 Å². The third-order valence-corrected chi connectivity index (χ3v) is 6.84.